The second-order valence-electron chi connectivity index (χ2n) is 6.52. The molecule has 3 rings (SSSR count). The van der Waals surface area contributed by atoms with E-state index in [0.29, 0.717) is 5.69 Å². The van der Waals surface area contributed by atoms with Crippen LogP contribution in [0.1, 0.15) is 12.5 Å². The lowest BCUT2D eigenvalue weighted by atomic mass is 10.2. The Bertz CT molecular complexity index is 1110. The summed E-state index contributed by atoms with van der Waals surface area (Å²) in [7, 11) is -4.08. The molecule has 7 nitrogen and oxygen atoms in total. The van der Waals surface area contributed by atoms with Crippen molar-refractivity contribution in [1.82, 2.24) is 0 Å². The molecule has 0 fully saturated rings. The predicted octanol–water partition coefficient (Wildman–Crippen LogP) is 5.73. The summed E-state index contributed by atoms with van der Waals surface area (Å²) >= 11 is 12.2. The first-order valence-electron chi connectivity index (χ1n) is 9.32. The molecule has 161 valence electrons. The van der Waals surface area contributed by atoms with Gasteiger partial charge in [-0.3, -0.25) is 0 Å². The van der Waals surface area contributed by atoms with E-state index in [1.165, 1.54) is 11.6 Å². The van der Waals surface area contributed by atoms with Crippen molar-refractivity contribution in [3.05, 3.63) is 82.3 Å². The number of rotatable bonds is 8. The minimum Gasteiger partial charge on any atom is -0.367 e. The van der Waals surface area contributed by atoms with Crippen molar-refractivity contribution in [2.75, 3.05) is 11.4 Å². The van der Waals surface area contributed by atoms with Gasteiger partial charge in [0, 0.05) is 24.8 Å². The van der Waals surface area contributed by atoms with Crippen LogP contribution in [0.2, 0.25) is 10.0 Å². The Morgan fingerprint density at radius 1 is 1.00 bits per heavy atom. The highest BCUT2D eigenvalue weighted by atomic mass is 35.5. The second kappa shape index (κ2) is 10.3. The molecule has 1 unspecified atom stereocenters. The molecule has 0 heterocycles. The fraction of sp³-hybridized carbons (Fsp3) is 0.143. The molecular weight excluding hydrogens is 459 g/mol. The molecule has 3 aromatic rings. The largest absolute Gasteiger partial charge is 0.483 e. The highest BCUT2D eigenvalue weighted by Crippen LogP contribution is 2.36. The topological polar surface area (TPSA) is 102 Å². The van der Waals surface area contributed by atoms with Gasteiger partial charge in [0.2, 0.25) is 0 Å². The third kappa shape index (κ3) is 5.88. The van der Waals surface area contributed by atoms with Gasteiger partial charge < -0.3 is 4.90 Å². The zero-order chi connectivity index (χ0) is 22.4. The molecule has 0 spiro atoms. The molecule has 1 radical (unpaired) electrons. The SMILES string of the molecule is CCN(Cc1ccccc1)c1ccc(N=Nc2cc(Cl)c([S+]([O])(=O)O[NH3+])cc2Cl)cc1. The normalized spacial score (nSPS) is 13.3. The maximum absolute atomic E-state index is 11.8. The first-order chi connectivity index (χ1) is 14.8. The standard InChI is InChI=1S/C21H21Cl2N4O3S/c1-2-27(14-15-6-4-3-5-7-15)17-10-8-16(9-11-17)25-26-20-12-19(23)21(13-18(20)22)31(28,29)30-24/h3-13H,2,14H2,1,24H3/q+2. The average molecular weight is 480 g/mol. The van der Waals surface area contributed by atoms with Crippen molar-refractivity contribution in [2.24, 2.45) is 10.2 Å². The molecule has 0 amide bonds. The number of quaternary nitrogens is 1. The van der Waals surface area contributed by atoms with Crippen LogP contribution in [0, 0.1) is 0 Å². The summed E-state index contributed by atoms with van der Waals surface area (Å²) in [6, 6.07) is 20.3. The molecule has 0 saturated carbocycles. The molecule has 0 saturated heterocycles. The zero-order valence-corrected chi connectivity index (χ0v) is 19.0. The van der Waals surface area contributed by atoms with Crippen LogP contribution in [-0.2, 0) is 30.1 Å². The molecule has 0 aliphatic rings. The summed E-state index contributed by atoms with van der Waals surface area (Å²) < 4.78 is 27.8. The molecular formula is C21H21Cl2N4O3S+2. The third-order valence-electron chi connectivity index (χ3n) is 4.51. The van der Waals surface area contributed by atoms with E-state index in [1.54, 1.807) is 0 Å². The Hall–Kier alpha value is -2.33. The molecule has 0 aromatic heterocycles. The number of hydrogen-bond donors (Lipinski definition) is 1. The molecule has 31 heavy (non-hydrogen) atoms. The number of hydrogen-bond acceptors (Lipinski definition) is 5. The maximum atomic E-state index is 11.8. The van der Waals surface area contributed by atoms with E-state index in [-0.39, 0.29) is 20.6 Å². The number of anilines is 1. The maximum Gasteiger partial charge on any atom is 0.483 e. The number of azo groups is 1. The van der Waals surface area contributed by atoms with Crippen molar-refractivity contribution < 1.29 is 18.9 Å². The van der Waals surface area contributed by atoms with E-state index in [1.807, 2.05) is 42.5 Å². The van der Waals surface area contributed by atoms with Crippen LogP contribution in [0.3, 0.4) is 0 Å². The summed E-state index contributed by atoms with van der Waals surface area (Å²) in [6.07, 6.45) is 0. The lowest BCUT2D eigenvalue weighted by molar-refractivity contribution is -0.637. The van der Waals surface area contributed by atoms with E-state index in [4.69, 9.17) is 23.2 Å². The van der Waals surface area contributed by atoms with Gasteiger partial charge in [-0.1, -0.05) is 53.5 Å². The van der Waals surface area contributed by atoms with E-state index in [9.17, 15) is 8.76 Å². The van der Waals surface area contributed by atoms with Crippen LogP contribution < -0.4 is 10.8 Å². The van der Waals surface area contributed by atoms with E-state index in [2.05, 4.69) is 44.4 Å². The lowest BCUT2D eigenvalue weighted by Crippen LogP contribution is -2.52. The van der Waals surface area contributed by atoms with Gasteiger partial charge in [-0.05, 0) is 47.0 Å². The molecule has 3 N–H and O–H groups in total. The molecule has 0 aliphatic carbocycles. The zero-order valence-electron chi connectivity index (χ0n) is 16.7. The van der Waals surface area contributed by atoms with Crippen LogP contribution in [0.15, 0.2) is 81.9 Å². The number of halogens is 2. The summed E-state index contributed by atoms with van der Waals surface area (Å²) in [5.41, 5.74) is 3.14. The lowest BCUT2D eigenvalue weighted by Gasteiger charge is -2.23. The van der Waals surface area contributed by atoms with E-state index < -0.39 is 10.5 Å². The summed E-state index contributed by atoms with van der Waals surface area (Å²) in [5, 5.41) is 8.25. The van der Waals surface area contributed by atoms with Gasteiger partial charge in [0.1, 0.15) is 10.7 Å². The van der Waals surface area contributed by atoms with Crippen LogP contribution in [0.25, 0.3) is 0 Å². The summed E-state index contributed by atoms with van der Waals surface area (Å²) in [4.78, 5) is 1.96. The van der Waals surface area contributed by atoms with Crippen molar-refractivity contribution >= 4 is 50.8 Å². The van der Waals surface area contributed by atoms with Crippen molar-refractivity contribution in [1.29, 1.82) is 0 Å². The van der Waals surface area contributed by atoms with Crippen LogP contribution in [-0.4, -0.2) is 6.54 Å². The third-order valence-corrected chi connectivity index (χ3v) is 6.43. The molecule has 1 atom stereocenters. The minimum atomic E-state index is -4.08. The number of nitrogens with zero attached hydrogens (tertiary/aromatic N) is 3. The minimum absolute atomic E-state index is 0.0698. The first-order valence-corrected chi connectivity index (χ1v) is 11.5. The molecule has 0 bridgehead atoms. The van der Waals surface area contributed by atoms with Gasteiger partial charge in [-0.2, -0.15) is 11.0 Å². The number of benzene rings is 3. The summed E-state index contributed by atoms with van der Waals surface area (Å²) in [6.45, 7) is 3.76. The van der Waals surface area contributed by atoms with Gasteiger partial charge in [-0.15, -0.1) is 5.11 Å². The van der Waals surface area contributed by atoms with Crippen molar-refractivity contribution in [3.8, 4) is 0 Å². The van der Waals surface area contributed by atoms with Gasteiger partial charge in [-0.25, -0.2) is 0 Å². The first kappa shape index (κ1) is 23.3. The smallest absolute Gasteiger partial charge is 0.367 e. The molecule has 0 aliphatic heterocycles. The fourth-order valence-corrected chi connectivity index (χ4v) is 4.28. The Labute approximate surface area is 191 Å². The molecule has 3 aromatic carbocycles. The molecule has 10 heteroatoms. The van der Waals surface area contributed by atoms with Gasteiger partial charge in [0.25, 0.3) is 4.90 Å². The fourth-order valence-electron chi connectivity index (χ4n) is 2.88. The Kier molecular flexibility index (Phi) is 7.77. The van der Waals surface area contributed by atoms with Crippen molar-refractivity contribution in [3.63, 3.8) is 0 Å². The highest BCUT2D eigenvalue weighted by molar-refractivity contribution is 7.93. The van der Waals surface area contributed by atoms with Gasteiger partial charge in [0.05, 0.1) is 19.5 Å². The average Bonchev–Trinajstić information content (AvgIpc) is 2.78. The Morgan fingerprint density at radius 2 is 1.68 bits per heavy atom. The highest BCUT2D eigenvalue weighted by Gasteiger charge is 2.40. The second-order valence-corrected chi connectivity index (χ2v) is 8.92. The Morgan fingerprint density at radius 3 is 2.29 bits per heavy atom. The summed E-state index contributed by atoms with van der Waals surface area (Å²) in [5.74, 6) is 2.92. The van der Waals surface area contributed by atoms with Gasteiger partial charge in [0.15, 0.2) is 0 Å². The monoisotopic (exact) mass is 479 g/mol. The predicted molar refractivity (Wildman–Crippen MR) is 121 cm³/mol. The van der Waals surface area contributed by atoms with Crippen LogP contribution in [0.4, 0.5) is 17.1 Å². The quantitative estimate of drug-likeness (QED) is 0.253. The van der Waals surface area contributed by atoms with Gasteiger partial charge >= 0.3 is 10.5 Å². The van der Waals surface area contributed by atoms with E-state index >= 15 is 0 Å². The van der Waals surface area contributed by atoms with E-state index in [0.717, 1.165) is 24.8 Å². The van der Waals surface area contributed by atoms with Crippen LogP contribution in [0.5, 0.6) is 0 Å². The van der Waals surface area contributed by atoms with Crippen molar-refractivity contribution in [2.45, 2.75) is 18.4 Å². The Balaban J connectivity index is 1.76. The van der Waals surface area contributed by atoms with Crippen LogP contribution >= 0.6 is 23.2 Å².